The molecular formula is C17H16ClN5OS. The van der Waals surface area contributed by atoms with Crippen LogP contribution in [0.5, 0.6) is 0 Å². The molecule has 1 N–H and O–H groups in total. The monoisotopic (exact) mass is 373 g/mol. The first-order chi connectivity index (χ1) is 12.1. The van der Waals surface area contributed by atoms with Crippen LogP contribution in [0.15, 0.2) is 53.9 Å². The molecule has 0 aliphatic heterocycles. The number of carbonyl (C=O) groups excluding carboxylic acids is 1. The Morgan fingerprint density at radius 2 is 2.16 bits per heavy atom. The van der Waals surface area contributed by atoms with E-state index in [-0.39, 0.29) is 11.7 Å². The van der Waals surface area contributed by atoms with Crippen LogP contribution in [-0.2, 0) is 11.3 Å². The highest BCUT2D eigenvalue weighted by atomic mass is 35.5. The van der Waals surface area contributed by atoms with Gasteiger partial charge in [0.15, 0.2) is 5.82 Å². The van der Waals surface area contributed by atoms with Crippen molar-refractivity contribution < 1.29 is 4.79 Å². The fourth-order valence-corrected chi connectivity index (χ4v) is 2.97. The molecule has 6 nitrogen and oxygen atoms in total. The second-order valence-electron chi connectivity index (χ2n) is 5.35. The van der Waals surface area contributed by atoms with Crippen molar-refractivity contribution in [1.82, 2.24) is 25.1 Å². The average Bonchev–Trinajstić information content (AvgIpc) is 3.05. The maximum atomic E-state index is 11.9. The highest BCUT2D eigenvalue weighted by Gasteiger charge is 2.06. The Labute approximate surface area is 154 Å². The summed E-state index contributed by atoms with van der Waals surface area (Å²) in [7, 11) is 0. The second kappa shape index (κ2) is 8.13. The van der Waals surface area contributed by atoms with Gasteiger partial charge in [0, 0.05) is 17.8 Å². The zero-order valence-electron chi connectivity index (χ0n) is 13.5. The van der Waals surface area contributed by atoms with Crippen molar-refractivity contribution in [2.24, 2.45) is 0 Å². The van der Waals surface area contributed by atoms with Gasteiger partial charge >= 0.3 is 0 Å². The van der Waals surface area contributed by atoms with Crippen LogP contribution in [0, 0.1) is 6.92 Å². The van der Waals surface area contributed by atoms with Crippen molar-refractivity contribution in [2.45, 2.75) is 18.5 Å². The van der Waals surface area contributed by atoms with Gasteiger partial charge in [-0.25, -0.2) is 4.98 Å². The van der Waals surface area contributed by atoms with Crippen LogP contribution >= 0.6 is 23.4 Å². The first-order valence-electron chi connectivity index (χ1n) is 7.59. The lowest BCUT2D eigenvalue weighted by atomic mass is 10.2. The van der Waals surface area contributed by atoms with Gasteiger partial charge in [-0.05, 0) is 36.8 Å². The number of carbonyl (C=O) groups is 1. The van der Waals surface area contributed by atoms with Crippen molar-refractivity contribution >= 4 is 29.3 Å². The molecule has 0 fully saturated rings. The molecule has 128 valence electrons. The summed E-state index contributed by atoms with van der Waals surface area (Å²) < 4.78 is 1.80. The molecule has 0 radical (unpaired) electrons. The number of aromatic nitrogens is 4. The number of benzene rings is 1. The van der Waals surface area contributed by atoms with E-state index in [1.54, 1.807) is 17.0 Å². The summed E-state index contributed by atoms with van der Waals surface area (Å²) in [5.74, 6) is 0.898. The molecule has 0 bridgehead atoms. The van der Waals surface area contributed by atoms with Crippen LogP contribution in [0.4, 0.5) is 0 Å². The molecule has 0 unspecified atom stereocenters. The summed E-state index contributed by atoms with van der Waals surface area (Å²) in [5.41, 5.74) is 1.88. The van der Waals surface area contributed by atoms with Gasteiger partial charge in [-0.1, -0.05) is 35.5 Å². The molecule has 8 heteroatoms. The van der Waals surface area contributed by atoms with E-state index >= 15 is 0 Å². The van der Waals surface area contributed by atoms with E-state index in [9.17, 15) is 4.79 Å². The number of hydrogen-bond acceptors (Lipinski definition) is 5. The van der Waals surface area contributed by atoms with Gasteiger partial charge in [0.1, 0.15) is 11.4 Å². The zero-order chi connectivity index (χ0) is 17.6. The van der Waals surface area contributed by atoms with Crippen LogP contribution in [0.1, 0.15) is 11.3 Å². The van der Waals surface area contributed by atoms with E-state index in [2.05, 4.69) is 20.5 Å². The number of nitrogens with one attached hydrogen (secondary N) is 1. The number of thioether (sulfide) groups is 1. The molecule has 0 aliphatic carbocycles. The molecule has 2 aromatic heterocycles. The van der Waals surface area contributed by atoms with Gasteiger partial charge in [0.25, 0.3) is 0 Å². The number of halogens is 1. The van der Waals surface area contributed by atoms with Gasteiger partial charge in [-0.2, -0.15) is 0 Å². The molecule has 3 rings (SSSR count). The van der Waals surface area contributed by atoms with Crippen molar-refractivity contribution in [3.05, 3.63) is 65.2 Å². The van der Waals surface area contributed by atoms with Crippen molar-refractivity contribution in [3.8, 4) is 5.82 Å². The molecule has 2 heterocycles. The summed E-state index contributed by atoms with van der Waals surface area (Å²) >= 11 is 7.26. The highest BCUT2D eigenvalue weighted by molar-refractivity contribution is 7.99. The maximum Gasteiger partial charge on any atom is 0.230 e. The minimum Gasteiger partial charge on any atom is -0.351 e. The maximum absolute atomic E-state index is 11.9. The molecule has 1 aromatic carbocycles. The van der Waals surface area contributed by atoms with Crippen LogP contribution < -0.4 is 5.32 Å². The number of hydrogen-bond donors (Lipinski definition) is 1. The van der Waals surface area contributed by atoms with E-state index in [1.807, 2.05) is 43.5 Å². The first-order valence-corrected chi connectivity index (χ1v) is 8.95. The quantitative estimate of drug-likeness (QED) is 0.672. The Balaban J connectivity index is 1.48. The SMILES string of the molecule is Cc1cn(-c2ccc(SCC(=O)NCc3cccc(Cl)c3)nn2)cn1. The number of nitrogens with zero attached hydrogens (tertiary/aromatic N) is 4. The molecular weight excluding hydrogens is 358 g/mol. The van der Waals surface area contributed by atoms with Crippen molar-refractivity contribution in [3.63, 3.8) is 0 Å². The van der Waals surface area contributed by atoms with Gasteiger partial charge in [-0.3, -0.25) is 9.36 Å². The van der Waals surface area contributed by atoms with Gasteiger partial charge < -0.3 is 5.32 Å². The van der Waals surface area contributed by atoms with E-state index in [0.717, 1.165) is 11.3 Å². The summed E-state index contributed by atoms with van der Waals surface area (Å²) in [4.78, 5) is 16.1. The minimum absolute atomic E-state index is 0.0684. The Hall–Kier alpha value is -2.38. The van der Waals surface area contributed by atoms with Crippen LogP contribution in [0.3, 0.4) is 0 Å². The predicted octanol–water partition coefficient (Wildman–Crippen LogP) is 3.03. The van der Waals surface area contributed by atoms with E-state index in [0.29, 0.717) is 22.4 Å². The van der Waals surface area contributed by atoms with Gasteiger partial charge in [0.05, 0.1) is 11.4 Å². The second-order valence-corrected chi connectivity index (χ2v) is 6.78. The lowest BCUT2D eigenvalue weighted by molar-refractivity contribution is -0.118. The van der Waals surface area contributed by atoms with Crippen LogP contribution in [-0.4, -0.2) is 31.4 Å². The van der Waals surface area contributed by atoms with Crippen molar-refractivity contribution in [2.75, 3.05) is 5.75 Å². The average molecular weight is 374 g/mol. The fourth-order valence-electron chi connectivity index (χ4n) is 2.11. The topological polar surface area (TPSA) is 72.7 Å². The number of aryl methyl sites for hydroxylation is 1. The normalized spacial score (nSPS) is 10.6. The predicted molar refractivity (Wildman–Crippen MR) is 97.9 cm³/mol. The van der Waals surface area contributed by atoms with Crippen molar-refractivity contribution in [1.29, 1.82) is 0 Å². The summed E-state index contributed by atoms with van der Waals surface area (Å²) in [5, 5.41) is 12.5. The molecule has 0 spiro atoms. The third-order valence-corrected chi connectivity index (χ3v) is 4.49. The summed E-state index contributed by atoms with van der Waals surface area (Å²) in [6, 6.07) is 11.1. The van der Waals surface area contributed by atoms with Crippen LogP contribution in [0.2, 0.25) is 5.02 Å². The highest BCUT2D eigenvalue weighted by Crippen LogP contribution is 2.15. The molecule has 25 heavy (non-hydrogen) atoms. The van der Waals surface area contributed by atoms with E-state index in [1.165, 1.54) is 11.8 Å². The van der Waals surface area contributed by atoms with Gasteiger partial charge in [0.2, 0.25) is 5.91 Å². The lowest BCUT2D eigenvalue weighted by Gasteiger charge is -2.06. The molecule has 3 aromatic rings. The number of amides is 1. The van der Waals surface area contributed by atoms with Gasteiger partial charge in [-0.15, -0.1) is 10.2 Å². The third kappa shape index (κ3) is 5.04. The Kier molecular flexibility index (Phi) is 5.67. The molecule has 0 saturated heterocycles. The molecule has 1 amide bonds. The summed E-state index contributed by atoms with van der Waals surface area (Å²) in [6.07, 6.45) is 3.57. The largest absolute Gasteiger partial charge is 0.351 e. The standard InChI is InChI=1S/C17H16ClN5OS/c1-12-9-23(11-20-12)15-5-6-17(22-21-15)25-10-16(24)19-8-13-3-2-4-14(18)7-13/h2-7,9,11H,8,10H2,1H3,(H,19,24). The number of imidazole rings is 1. The Bertz CT molecular complexity index is 865. The van der Waals surface area contributed by atoms with E-state index in [4.69, 9.17) is 11.6 Å². The fraction of sp³-hybridized carbons (Fsp3) is 0.176. The molecule has 0 saturated carbocycles. The Morgan fingerprint density at radius 1 is 1.28 bits per heavy atom. The number of rotatable bonds is 6. The van der Waals surface area contributed by atoms with Crippen LogP contribution in [0.25, 0.3) is 5.82 Å². The Morgan fingerprint density at radius 3 is 2.84 bits per heavy atom. The van der Waals surface area contributed by atoms with E-state index < -0.39 is 0 Å². The minimum atomic E-state index is -0.0684. The molecule has 0 atom stereocenters. The molecule has 0 aliphatic rings. The third-order valence-electron chi connectivity index (χ3n) is 3.33. The summed E-state index contributed by atoms with van der Waals surface area (Å²) in [6.45, 7) is 2.36. The lowest BCUT2D eigenvalue weighted by Crippen LogP contribution is -2.24. The zero-order valence-corrected chi connectivity index (χ0v) is 15.1. The smallest absolute Gasteiger partial charge is 0.230 e. The first kappa shape index (κ1) is 17.4.